The second-order valence-electron chi connectivity index (χ2n) is 15.6. The van der Waals surface area contributed by atoms with Crippen LogP contribution in [0, 0.1) is 0 Å². The summed E-state index contributed by atoms with van der Waals surface area (Å²) in [6.45, 7) is 6.30. The lowest BCUT2D eigenvalue weighted by Crippen LogP contribution is -2.46. The number of hydrogen-bond acceptors (Lipinski definition) is 5. The Morgan fingerprint density at radius 2 is 0.982 bits per heavy atom. The first-order valence-electron chi connectivity index (χ1n) is 23.1. The molecule has 0 saturated heterocycles. The van der Waals surface area contributed by atoms with Gasteiger partial charge in [-0.1, -0.05) is 216 Å². The molecule has 318 valence electrons. The Morgan fingerprint density at radius 3 is 1.47 bits per heavy atom. The van der Waals surface area contributed by atoms with Crippen LogP contribution in [0.5, 0.6) is 0 Å². The van der Waals surface area contributed by atoms with Gasteiger partial charge in [0, 0.05) is 6.42 Å². The zero-order valence-corrected chi connectivity index (χ0v) is 36.0. The number of allylic oxidation sites excluding steroid dienone is 10. The fourth-order valence-corrected chi connectivity index (χ4v) is 6.74. The van der Waals surface area contributed by atoms with Gasteiger partial charge < -0.3 is 20.3 Å². The van der Waals surface area contributed by atoms with E-state index in [0.29, 0.717) is 19.3 Å². The van der Waals surface area contributed by atoms with Gasteiger partial charge in [-0.15, -0.1) is 0 Å². The third-order valence-corrected chi connectivity index (χ3v) is 10.2. The van der Waals surface area contributed by atoms with Gasteiger partial charge in [0.15, 0.2) is 0 Å². The second-order valence-corrected chi connectivity index (χ2v) is 15.6. The minimum Gasteiger partial charge on any atom is -0.462 e. The van der Waals surface area contributed by atoms with Gasteiger partial charge >= 0.3 is 5.97 Å². The minimum atomic E-state index is -0.793. The van der Waals surface area contributed by atoms with E-state index in [2.05, 4.69) is 44.3 Å². The normalized spacial score (nSPS) is 13.9. The summed E-state index contributed by atoms with van der Waals surface area (Å²) in [5.41, 5.74) is 0. The number of amides is 1. The van der Waals surface area contributed by atoms with Crippen LogP contribution >= 0.6 is 0 Å². The fourth-order valence-electron chi connectivity index (χ4n) is 6.74. The summed E-state index contributed by atoms with van der Waals surface area (Å²) in [6.07, 6.45) is 51.3. The Bertz CT molecular complexity index is 999. The molecule has 0 aromatic rings. The predicted octanol–water partition coefficient (Wildman–Crippen LogP) is 13.3. The van der Waals surface area contributed by atoms with E-state index < -0.39 is 18.2 Å². The maximum absolute atomic E-state index is 13.1. The van der Waals surface area contributed by atoms with Gasteiger partial charge in [-0.2, -0.15) is 0 Å². The fraction of sp³-hybridized carbons (Fsp3) is 0.755. The molecule has 0 bridgehead atoms. The molecule has 1 amide bonds. The average molecular weight is 770 g/mol. The molecule has 3 N–H and O–H groups in total. The van der Waals surface area contributed by atoms with Gasteiger partial charge in [0.25, 0.3) is 0 Å². The number of ether oxygens (including phenoxy) is 1. The van der Waals surface area contributed by atoms with Crippen molar-refractivity contribution in [3.63, 3.8) is 0 Å². The Hall–Kier alpha value is -2.44. The van der Waals surface area contributed by atoms with Gasteiger partial charge in [0.1, 0.15) is 6.10 Å². The number of carbonyl (C=O) groups is 2. The number of aliphatic hydroxyl groups excluding tert-OH is 2. The van der Waals surface area contributed by atoms with Gasteiger partial charge in [0.05, 0.1) is 25.2 Å². The molecule has 0 aromatic carbocycles. The quantitative estimate of drug-likeness (QED) is 0.0328. The molecule has 0 radical (unpaired) electrons. The van der Waals surface area contributed by atoms with Crippen molar-refractivity contribution in [1.82, 2.24) is 5.32 Å². The van der Waals surface area contributed by atoms with E-state index in [9.17, 15) is 19.8 Å². The lowest BCUT2D eigenvalue weighted by Gasteiger charge is -2.24. The molecule has 0 aromatic heterocycles. The van der Waals surface area contributed by atoms with Crippen LogP contribution < -0.4 is 5.32 Å². The molecular formula is C49H87NO5. The smallest absolute Gasteiger partial charge is 0.306 e. The number of hydrogen-bond donors (Lipinski definition) is 3. The average Bonchev–Trinajstić information content (AvgIpc) is 3.18. The lowest BCUT2D eigenvalue weighted by molar-refractivity contribution is -0.151. The Morgan fingerprint density at radius 1 is 0.545 bits per heavy atom. The van der Waals surface area contributed by atoms with Crippen molar-refractivity contribution in [3.05, 3.63) is 60.8 Å². The van der Waals surface area contributed by atoms with Crippen LogP contribution in [0.3, 0.4) is 0 Å². The molecule has 0 aliphatic rings. The van der Waals surface area contributed by atoms with E-state index in [-0.39, 0.29) is 24.9 Å². The molecule has 0 aliphatic heterocycles. The van der Waals surface area contributed by atoms with E-state index in [1.165, 1.54) is 96.3 Å². The van der Waals surface area contributed by atoms with Gasteiger partial charge in [-0.3, -0.25) is 9.59 Å². The molecule has 0 rings (SSSR count). The topological polar surface area (TPSA) is 95.9 Å². The van der Waals surface area contributed by atoms with E-state index in [0.717, 1.165) is 70.6 Å². The number of carbonyl (C=O) groups excluding carboxylic acids is 2. The van der Waals surface area contributed by atoms with Gasteiger partial charge in [0.2, 0.25) is 5.91 Å². The molecule has 3 atom stereocenters. The lowest BCUT2D eigenvalue weighted by atomic mass is 10.0. The van der Waals surface area contributed by atoms with Crippen LogP contribution in [0.4, 0.5) is 0 Å². The van der Waals surface area contributed by atoms with Crippen molar-refractivity contribution in [3.8, 4) is 0 Å². The second kappa shape index (κ2) is 42.7. The highest BCUT2D eigenvalue weighted by molar-refractivity contribution is 5.77. The molecule has 0 spiro atoms. The summed E-state index contributed by atoms with van der Waals surface area (Å²) in [5.74, 6) is -0.524. The van der Waals surface area contributed by atoms with Gasteiger partial charge in [-0.05, 0) is 44.9 Å². The van der Waals surface area contributed by atoms with E-state index >= 15 is 0 Å². The van der Waals surface area contributed by atoms with Crippen molar-refractivity contribution in [2.45, 2.75) is 232 Å². The molecule has 55 heavy (non-hydrogen) atoms. The van der Waals surface area contributed by atoms with Crippen LogP contribution in [-0.2, 0) is 14.3 Å². The predicted molar refractivity (Wildman–Crippen MR) is 236 cm³/mol. The zero-order chi connectivity index (χ0) is 40.3. The first-order chi connectivity index (χ1) is 27.0. The molecule has 6 nitrogen and oxygen atoms in total. The Labute approximate surface area is 339 Å². The van der Waals surface area contributed by atoms with Crippen LogP contribution in [0.1, 0.15) is 213 Å². The first kappa shape index (κ1) is 52.6. The Balaban J connectivity index is 4.68. The highest BCUT2D eigenvalue weighted by Crippen LogP contribution is 2.17. The molecule has 0 fully saturated rings. The minimum absolute atomic E-state index is 0.0602. The van der Waals surface area contributed by atoms with Crippen molar-refractivity contribution >= 4 is 11.9 Å². The molecule has 6 heteroatoms. The molecular weight excluding hydrogens is 683 g/mol. The van der Waals surface area contributed by atoms with E-state index in [1.54, 1.807) is 0 Å². The van der Waals surface area contributed by atoms with Crippen LogP contribution in [0.15, 0.2) is 60.8 Å². The summed E-state index contributed by atoms with van der Waals surface area (Å²) >= 11 is 0. The van der Waals surface area contributed by atoms with E-state index in [1.807, 2.05) is 42.5 Å². The van der Waals surface area contributed by atoms with E-state index in [4.69, 9.17) is 4.74 Å². The standard InChI is InChI=1S/C49H87NO5/c1-4-7-10-13-16-19-21-23-24-25-27-30-33-36-39-42-49(54)55-45(40-37-34-31-29-26-22-20-17-14-11-8-5-2)43-48(53)50-46(44-51)47(52)41-38-35-32-28-18-15-12-9-6-3/h7,10,13,16,19,21,23-25,27,45-47,51-52H,4-6,8-9,11-12,14-15,17-18,20,22,26,28-44H2,1-3H3,(H,50,53)/b10-7+,16-13+,21-19-,24-23-,27-25+. The number of esters is 1. The summed E-state index contributed by atoms with van der Waals surface area (Å²) in [5, 5.41) is 23.6. The molecule has 3 unspecified atom stereocenters. The monoisotopic (exact) mass is 770 g/mol. The van der Waals surface area contributed by atoms with Crippen molar-refractivity contribution in [2.24, 2.45) is 0 Å². The van der Waals surface area contributed by atoms with Crippen LogP contribution in [-0.4, -0.2) is 46.9 Å². The van der Waals surface area contributed by atoms with Crippen molar-refractivity contribution in [1.29, 1.82) is 0 Å². The zero-order valence-electron chi connectivity index (χ0n) is 36.0. The van der Waals surface area contributed by atoms with Gasteiger partial charge in [-0.25, -0.2) is 0 Å². The number of rotatable bonds is 40. The first-order valence-corrected chi connectivity index (χ1v) is 23.1. The maximum Gasteiger partial charge on any atom is 0.306 e. The maximum atomic E-state index is 13.1. The van der Waals surface area contributed by atoms with Crippen LogP contribution in [0.25, 0.3) is 0 Å². The van der Waals surface area contributed by atoms with Crippen molar-refractivity contribution in [2.75, 3.05) is 6.61 Å². The summed E-state index contributed by atoms with van der Waals surface area (Å²) in [7, 11) is 0. The number of unbranched alkanes of at least 4 members (excludes halogenated alkanes) is 22. The third kappa shape index (κ3) is 38.2. The number of nitrogens with one attached hydrogen (secondary N) is 1. The van der Waals surface area contributed by atoms with Crippen LogP contribution in [0.2, 0.25) is 0 Å². The summed E-state index contributed by atoms with van der Waals surface area (Å²) in [6, 6.07) is -0.708. The number of aliphatic hydroxyl groups is 2. The highest BCUT2D eigenvalue weighted by atomic mass is 16.5. The SMILES string of the molecule is CC/C=C/C=C/C=C\C=C/C=C/CCCCCC(=O)OC(CCCCCCCCCCCCCC)CC(=O)NC(CO)C(O)CCCCCCCCCCC. The summed E-state index contributed by atoms with van der Waals surface area (Å²) in [4.78, 5) is 26.0. The molecule has 0 saturated carbocycles. The third-order valence-electron chi connectivity index (χ3n) is 10.2. The van der Waals surface area contributed by atoms with Crippen molar-refractivity contribution < 1.29 is 24.5 Å². The highest BCUT2D eigenvalue weighted by Gasteiger charge is 2.24. The summed E-state index contributed by atoms with van der Waals surface area (Å²) < 4.78 is 5.89. The molecule has 0 heterocycles. The largest absolute Gasteiger partial charge is 0.462 e. The Kier molecular flexibility index (Phi) is 40.8. The molecule has 0 aliphatic carbocycles.